The Labute approximate surface area is 135 Å². The average molecular weight is 344 g/mol. The van der Waals surface area contributed by atoms with Gasteiger partial charge in [-0.15, -0.1) is 0 Å². The highest BCUT2D eigenvalue weighted by molar-refractivity contribution is 7.92. The molecule has 1 aliphatic heterocycles. The van der Waals surface area contributed by atoms with Gasteiger partial charge >= 0.3 is 0 Å². The second-order valence-electron chi connectivity index (χ2n) is 5.67. The highest BCUT2D eigenvalue weighted by atomic mass is 32.2. The summed E-state index contributed by atoms with van der Waals surface area (Å²) in [6.45, 7) is 1.000. The van der Waals surface area contributed by atoms with Crippen molar-refractivity contribution in [2.24, 2.45) is 0 Å². The van der Waals surface area contributed by atoms with Crippen LogP contribution >= 0.6 is 0 Å². The zero-order valence-corrected chi connectivity index (χ0v) is 14.0. The predicted octanol–water partition coefficient (Wildman–Crippen LogP) is 0.617. The lowest BCUT2D eigenvalue weighted by atomic mass is 9.95. The molecular weight excluding hydrogens is 323 g/mol. The van der Waals surface area contributed by atoms with E-state index in [9.17, 15) is 17.6 Å². The van der Waals surface area contributed by atoms with Crippen molar-refractivity contribution in [3.63, 3.8) is 0 Å². The van der Waals surface area contributed by atoms with Crippen LogP contribution in [-0.4, -0.2) is 45.5 Å². The number of nitrogens with one attached hydrogen (secondary N) is 2. The number of ether oxygens (including phenoxy) is 1. The monoisotopic (exact) mass is 344 g/mol. The molecule has 6 nitrogen and oxygen atoms in total. The number of halogens is 1. The molecule has 0 spiro atoms. The Morgan fingerprint density at radius 2 is 2.04 bits per heavy atom. The van der Waals surface area contributed by atoms with E-state index in [2.05, 4.69) is 10.6 Å². The summed E-state index contributed by atoms with van der Waals surface area (Å²) in [5.74, 6) is -0.942. The van der Waals surface area contributed by atoms with E-state index >= 15 is 0 Å². The predicted molar refractivity (Wildman–Crippen MR) is 84.5 cm³/mol. The molecule has 1 aromatic rings. The van der Waals surface area contributed by atoms with Gasteiger partial charge in [-0.3, -0.25) is 4.79 Å². The van der Waals surface area contributed by atoms with Crippen LogP contribution in [0.5, 0.6) is 5.75 Å². The van der Waals surface area contributed by atoms with Crippen molar-refractivity contribution >= 4 is 15.7 Å². The summed E-state index contributed by atoms with van der Waals surface area (Å²) in [7, 11) is -2.19. The van der Waals surface area contributed by atoms with Crippen LogP contribution in [0.25, 0.3) is 0 Å². The maximum atomic E-state index is 13.7. The quantitative estimate of drug-likeness (QED) is 0.818. The largest absolute Gasteiger partial charge is 0.494 e. The summed E-state index contributed by atoms with van der Waals surface area (Å²) < 4.78 is 41.3. The number of hydrogen-bond acceptors (Lipinski definition) is 5. The van der Waals surface area contributed by atoms with Crippen LogP contribution in [0.15, 0.2) is 18.2 Å². The van der Waals surface area contributed by atoms with Crippen LogP contribution < -0.4 is 15.4 Å². The molecule has 0 radical (unpaired) electrons. The Kier molecular flexibility index (Phi) is 5.26. The van der Waals surface area contributed by atoms with E-state index in [0.29, 0.717) is 18.7 Å². The standard InChI is InChI=1S/C15H21FN2O4S/c1-22-13-4-3-11(9-12(13)16)10-18-14(19)15(23(2,20)21)5-7-17-8-6-15/h3-4,9,17H,5-8,10H2,1-2H3,(H,18,19). The lowest BCUT2D eigenvalue weighted by molar-refractivity contribution is -0.124. The first kappa shape index (κ1) is 17.7. The van der Waals surface area contributed by atoms with Gasteiger partial charge in [0.15, 0.2) is 26.2 Å². The first-order valence-electron chi connectivity index (χ1n) is 7.31. The highest BCUT2D eigenvalue weighted by Crippen LogP contribution is 2.28. The first-order valence-corrected chi connectivity index (χ1v) is 9.20. The van der Waals surface area contributed by atoms with Crippen LogP contribution in [0.3, 0.4) is 0 Å². The summed E-state index contributed by atoms with van der Waals surface area (Å²) in [6, 6.07) is 4.35. The summed E-state index contributed by atoms with van der Waals surface area (Å²) in [4.78, 5) is 12.5. The molecule has 2 rings (SSSR count). The maximum absolute atomic E-state index is 13.7. The highest BCUT2D eigenvalue weighted by Gasteiger charge is 2.48. The van der Waals surface area contributed by atoms with Crippen LogP contribution in [0.1, 0.15) is 18.4 Å². The Hall–Kier alpha value is -1.67. The van der Waals surface area contributed by atoms with Gasteiger partial charge in [0.05, 0.1) is 7.11 Å². The minimum atomic E-state index is -3.56. The number of piperidine rings is 1. The van der Waals surface area contributed by atoms with Gasteiger partial charge in [-0.25, -0.2) is 12.8 Å². The SMILES string of the molecule is COc1ccc(CNC(=O)C2(S(C)(=O)=O)CCNCC2)cc1F. The third kappa shape index (κ3) is 3.64. The number of sulfone groups is 1. The molecule has 0 atom stereocenters. The van der Waals surface area contributed by atoms with E-state index in [4.69, 9.17) is 4.74 Å². The zero-order valence-electron chi connectivity index (χ0n) is 13.2. The first-order chi connectivity index (χ1) is 10.8. The summed E-state index contributed by atoms with van der Waals surface area (Å²) >= 11 is 0. The van der Waals surface area contributed by atoms with Crippen LogP contribution in [0.4, 0.5) is 4.39 Å². The van der Waals surface area contributed by atoms with Gasteiger partial charge in [-0.05, 0) is 43.6 Å². The van der Waals surface area contributed by atoms with E-state index in [1.54, 1.807) is 6.07 Å². The molecule has 1 fully saturated rings. The molecule has 1 saturated heterocycles. The Balaban J connectivity index is 2.12. The smallest absolute Gasteiger partial charge is 0.241 e. The van der Waals surface area contributed by atoms with Crippen LogP contribution in [0, 0.1) is 5.82 Å². The van der Waals surface area contributed by atoms with Gasteiger partial charge < -0.3 is 15.4 Å². The number of methoxy groups -OCH3 is 1. The van der Waals surface area contributed by atoms with E-state index in [1.165, 1.54) is 19.2 Å². The minimum absolute atomic E-state index is 0.0600. The van der Waals surface area contributed by atoms with Crippen molar-refractivity contribution in [1.29, 1.82) is 0 Å². The van der Waals surface area contributed by atoms with E-state index < -0.39 is 26.3 Å². The van der Waals surface area contributed by atoms with Crippen LogP contribution in [0.2, 0.25) is 0 Å². The fraction of sp³-hybridized carbons (Fsp3) is 0.533. The van der Waals surface area contributed by atoms with Crippen molar-refractivity contribution in [3.05, 3.63) is 29.6 Å². The lowest BCUT2D eigenvalue weighted by Crippen LogP contribution is -2.57. The van der Waals surface area contributed by atoms with Crippen molar-refractivity contribution in [1.82, 2.24) is 10.6 Å². The second-order valence-corrected chi connectivity index (χ2v) is 7.99. The van der Waals surface area contributed by atoms with Crippen molar-refractivity contribution in [2.45, 2.75) is 24.1 Å². The molecule has 0 aliphatic carbocycles. The van der Waals surface area contributed by atoms with Crippen molar-refractivity contribution in [2.75, 3.05) is 26.5 Å². The normalized spacial score (nSPS) is 17.5. The maximum Gasteiger partial charge on any atom is 0.241 e. The fourth-order valence-electron chi connectivity index (χ4n) is 2.76. The van der Waals surface area contributed by atoms with Gasteiger partial charge in [0.25, 0.3) is 0 Å². The number of amides is 1. The molecule has 0 aromatic heterocycles. The summed E-state index contributed by atoms with van der Waals surface area (Å²) in [5, 5.41) is 5.68. The third-order valence-electron chi connectivity index (χ3n) is 4.20. The molecule has 128 valence electrons. The van der Waals surface area contributed by atoms with Gasteiger partial charge in [-0.2, -0.15) is 0 Å². The Bertz CT molecular complexity index is 685. The Morgan fingerprint density at radius 3 is 2.57 bits per heavy atom. The second kappa shape index (κ2) is 6.84. The van der Waals surface area contributed by atoms with Gasteiger partial charge in [0, 0.05) is 12.8 Å². The zero-order chi connectivity index (χ0) is 17.1. The number of benzene rings is 1. The average Bonchev–Trinajstić information content (AvgIpc) is 2.52. The Morgan fingerprint density at radius 1 is 1.39 bits per heavy atom. The van der Waals surface area contributed by atoms with Crippen LogP contribution in [-0.2, 0) is 21.2 Å². The molecule has 2 N–H and O–H groups in total. The molecule has 1 aromatic carbocycles. The number of carbonyl (C=O) groups excluding carboxylic acids is 1. The van der Waals surface area contributed by atoms with Crippen molar-refractivity contribution in [3.8, 4) is 5.75 Å². The van der Waals surface area contributed by atoms with Gasteiger partial charge in [-0.1, -0.05) is 6.07 Å². The number of carbonyl (C=O) groups is 1. The van der Waals surface area contributed by atoms with Crippen molar-refractivity contribution < 1.29 is 22.3 Å². The molecule has 0 saturated carbocycles. The molecule has 8 heteroatoms. The molecule has 1 amide bonds. The van der Waals surface area contributed by atoms with E-state index in [0.717, 1.165) is 6.26 Å². The molecular formula is C15H21FN2O4S. The molecule has 1 heterocycles. The summed E-state index contributed by atoms with van der Waals surface area (Å²) in [5.41, 5.74) is 0.536. The lowest BCUT2D eigenvalue weighted by Gasteiger charge is -2.34. The van der Waals surface area contributed by atoms with E-state index in [1.807, 2.05) is 0 Å². The minimum Gasteiger partial charge on any atom is -0.494 e. The molecule has 1 aliphatic rings. The van der Waals surface area contributed by atoms with E-state index in [-0.39, 0.29) is 25.1 Å². The topological polar surface area (TPSA) is 84.5 Å². The summed E-state index contributed by atoms with van der Waals surface area (Å²) in [6.07, 6.45) is 1.55. The molecule has 0 unspecified atom stereocenters. The third-order valence-corrected chi connectivity index (χ3v) is 6.22. The van der Waals surface area contributed by atoms with Gasteiger partial charge in [0.2, 0.25) is 5.91 Å². The molecule has 23 heavy (non-hydrogen) atoms. The molecule has 0 bridgehead atoms. The van der Waals surface area contributed by atoms with Gasteiger partial charge in [0.1, 0.15) is 0 Å². The number of hydrogen-bond donors (Lipinski definition) is 2. The fourth-order valence-corrected chi connectivity index (χ4v) is 4.11. The number of rotatable bonds is 5.